The molecule has 1 aliphatic heterocycles. The first-order chi connectivity index (χ1) is 12.0. The number of carbonyl (C=O) groups excluding carboxylic acids is 1. The number of amides is 2. The van der Waals surface area contributed by atoms with Crippen molar-refractivity contribution in [2.75, 3.05) is 13.1 Å². The van der Waals surface area contributed by atoms with Crippen molar-refractivity contribution in [3.8, 4) is 0 Å². The number of aliphatic hydroxyl groups excluding tert-OH is 1. The molecule has 1 aromatic rings. The summed E-state index contributed by atoms with van der Waals surface area (Å²) in [7, 11) is 1.87. The number of aryl methyl sites for hydroxylation is 1. The van der Waals surface area contributed by atoms with Gasteiger partial charge in [-0.15, -0.1) is 0 Å². The summed E-state index contributed by atoms with van der Waals surface area (Å²) in [5.41, 5.74) is 0.999. The molecule has 1 aromatic heterocycles. The van der Waals surface area contributed by atoms with Gasteiger partial charge in [-0.2, -0.15) is 5.10 Å². The van der Waals surface area contributed by atoms with Gasteiger partial charge in [-0.25, -0.2) is 4.79 Å². The van der Waals surface area contributed by atoms with Crippen LogP contribution in [0.1, 0.15) is 57.1 Å². The van der Waals surface area contributed by atoms with Crippen LogP contribution in [-0.2, 0) is 7.05 Å². The third-order valence-electron chi connectivity index (χ3n) is 5.60. The van der Waals surface area contributed by atoms with E-state index in [1.165, 1.54) is 6.42 Å². The Morgan fingerprint density at radius 1 is 1.28 bits per heavy atom. The van der Waals surface area contributed by atoms with Crippen molar-refractivity contribution < 1.29 is 9.90 Å². The number of aromatic nitrogens is 2. The molecule has 25 heavy (non-hydrogen) atoms. The summed E-state index contributed by atoms with van der Waals surface area (Å²) in [6.45, 7) is 3.86. The maximum absolute atomic E-state index is 12.2. The molecule has 3 atom stereocenters. The van der Waals surface area contributed by atoms with E-state index < -0.39 is 0 Å². The van der Waals surface area contributed by atoms with Gasteiger partial charge in [0.15, 0.2) is 0 Å². The van der Waals surface area contributed by atoms with E-state index in [1.807, 2.05) is 20.2 Å². The van der Waals surface area contributed by atoms with Crippen LogP contribution >= 0.6 is 0 Å². The predicted molar refractivity (Wildman–Crippen MR) is 96.1 cm³/mol. The number of nitrogens with zero attached hydrogens (tertiary/aromatic N) is 3. The van der Waals surface area contributed by atoms with Crippen LogP contribution in [0.5, 0.6) is 0 Å². The molecule has 3 unspecified atom stereocenters. The standard InChI is InChI=1S/C18H31N5O2/c1-13(14-11-19-22(2)12-14)20-18(25)21-15-7-9-23(10-8-15)16-5-3-4-6-17(16)24/h11-13,15-17,24H,3-10H2,1-2H3,(H2,20,21,25). The van der Waals surface area contributed by atoms with E-state index in [-0.39, 0.29) is 24.2 Å². The summed E-state index contributed by atoms with van der Waals surface area (Å²) in [4.78, 5) is 14.6. The normalized spacial score (nSPS) is 27.0. The van der Waals surface area contributed by atoms with Crippen molar-refractivity contribution in [3.63, 3.8) is 0 Å². The first-order valence-electron chi connectivity index (χ1n) is 9.50. The van der Waals surface area contributed by atoms with E-state index in [9.17, 15) is 9.90 Å². The molecule has 2 fully saturated rings. The fourth-order valence-electron chi connectivity index (χ4n) is 4.06. The van der Waals surface area contributed by atoms with Gasteiger partial charge in [0.2, 0.25) is 0 Å². The molecule has 1 saturated heterocycles. The Balaban J connectivity index is 1.41. The molecule has 0 radical (unpaired) electrons. The average Bonchev–Trinajstić information content (AvgIpc) is 3.03. The van der Waals surface area contributed by atoms with Crippen molar-refractivity contribution in [1.82, 2.24) is 25.3 Å². The second-order valence-corrected chi connectivity index (χ2v) is 7.52. The Morgan fingerprint density at radius 3 is 2.64 bits per heavy atom. The molecule has 2 aliphatic rings. The summed E-state index contributed by atoms with van der Waals surface area (Å²) in [5, 5.41) is 20.4. The minimum Gasteiger partial charge on any atom is -0.391 e. The van der Waals surface area contributed by atoms with Gasteiger partial charge in [0.25, 0.3) is 0 Å². The topological polar surface area (TPSA) is 82.4 Å². The smallest absolute Gasteiger partial charge is 0.315 e. The first-order valence-corrected chi connectivity index (χ1v) is 9.50. The van der Waals surface area contributed by atoms with Gasteiger partial charge >= 0.3 is 6.03 Å². The average molecular weight is 349 g/mol. The molecule has 2 amide bonds. The third kappa shape index (κ3) is 4.73. The van der Waals surface area contributed by atoms with E-state index in [2.05, 4.69) is 20.6 Å². The second-order valence-electron chi connectivity index (χ2n) is 7.52. The number of likely N-dealkylation sites (tertiary alicyclic amines) is 1. The number of hydrogen-bond donors (Lipinski definition) is 3. The number of urea groups is 1. The lowest BCUT2D eigenvalue weighted by atomic mass is 9.89. The SMILES string of the molecule is CC(NC(=O)NC1CCN(C2CCCCC2O)CC1)c1cnn(C)c1. The third-order valence-corrected chi connectivity index (χ3v) is 5.60. The van der Waals surface area contributed by atoms with Crippen LogP contribution in [0.4, 0.5) is 4.79 Å². The highest BCUT2D eigenvalue weighted by atomic mass is 16.3. The number of nitrogens with one attached hydrogen (secondary N) is 2. The Bertz CT molecular complexity index is 568. The number of piperidine rings is 1. The van der Waals surface area contributed by atoms with E-state index in [0.29, 0.717) is 6.04 Å². The van der Waals surface area contributed by atoms with E-state index >= 15 is 0 Å². The Morgan fingerprint density at radius 2 is 2.00 bits per heavy atom. The van der Waals surface area contributed by atoms with Crippen LogP contribution in [0.3, 0.4) is 0 Å². The molecule has 0 aromatic carbocycles. The van der Waals surface area contributed by atoms with Gasteiger partial charge in [-0.3, -0.25) is 9.58 Å². The lowest BCUT2D eigenvalue weighted by Crippen LogP contribution is -2.53. The largest absolute Gasteiger partial charge is 0.391 e. The zero-order chi connectivity index (χ0) is 17.8. The van der Waals surface area contributed by atoms with Crippen LogP contribution in [0.15, 0.2) is 12.4 Å². The monoisotopic (exact) mass is 349 g/mol. The summed E-state index contributed by atoms with van der Waals surface area (Å²) in [6, 6.07) is 0.339. The summed E-state index contributed by atoms with van der Waals surface area (Å²) in [5.74, 6) is 0. The molecule has 3 rings (SSSR count). The summed E-state index contributed by atoms with van der Waals surface area (Å²) >= 11 is 0. The molecular weight excluding hydrogens is 318 g/mol. The molecule has 1 saturated carbocycles. The van der Waals surface area contributed by atoms with Gasteiger partial charge in [0, 0.05) is 44.0 Å². The lowest BCUT2D eigenvalue weighted by molar-refractivity contribution is 0.00775. The van der Waals surface area contributed by atoms with Crippen molar-refractivity contribution in [2.24, 2.45) is 7.05 Å². The van der Waals surface area contributed by atoms with E-state index in [1.54, 1.807) is 10.9 Å². The first kappa shape index (κ1) is 18.2. The predicted octanol–water partition coefficient (Wildman–Crippen LogP) is 1.55. The molecule has 3 N–H and O–H groups in total. The zero-order valence-corrected chi connectivity index (χ0v) is 15.3. The van der Waals surface area contributed by atoms with E-state index in [0.717, 1.165) is 50.8 Å². The lowest BCUT2D eigenvalue weighted by Gasteiger charge is -2.41. The van der Waals surface area contributed by atoms with Gasteiger partial charge in [-0.1, -0.05) is 12.8 Å². The van der Waals surface area contributed by atoms with Gasteiger partial charge in [-0.05, 0) is 32.6 Å². The maximum Gasteiger partial charge on any atom is 0.315 e. The minimum absolute atomic E-state index is 0.0637. The number of hydrogen-bond acceptors (Lipinski definition) is 4. The van der Waals surface area contributed by atoms with Crippen molar-refractivity contribution in [1.29, 1.82) is 0 Å². The quantitative estimate of drug-likeness (QED) is 0.770. The molecule has 1 aliphatic carbocycles. The fourth-order valence-corrected chi connectivity index (χ4v) is 4.06. The Kier molecular flexibility index (Phi) is 5.96. The minimum atomic E-state index is -0.179. The highest BCUT2D eigenvalue weighted by molar-refractivity contribution is 5.74. The molecule has 7 nitrogen and oxygen atoms in total. The summed E-state index contributed by atoms with van der Waals surface area (Å²) in [6.07, 6.45) is 9.79. The van der Waals surface area contributed by atoms with E-state index in [4.69, 9.17) is 0 Å². The molecule has 0 spiro atoms. The molecule has 140 valence electrons. The molecular formula is C18H31N5O2. The number of carbonyl (C=O) groups is 1. The fraction of sp³-hybridized carbons (Fsp3) is 0.778. The molecule has 2 heterocycles. The summed E-state index contributed by atoms with van der Waals surface area (Å²) < 4.78 is 1.74. The van der Waals surface area contributed by atoms with Gasteiger partial charge in [0.05, 0.1) is 18.3 Å². The van der Waals surface area contributed by atoms with Crippen LogP contribution in [0, 0.1) is 0 Å². The second kappa shape index (κ2) is 8.19. The van der Waals surface area contributed by atoms with Crippen LogP contribution in [0.2, 0.25) is 0 Å². The van der Waals surface area contributed by atoms with Gasteiger partial charge < -0.3 is 15.7 Å². The van der Waals surface area contributed by atoms with Gasteiger partial charge in [0.1, 0.15) is 0 Å². The van der Waals surface area contributed by atoms with Crippen molar-refractivity contribution in [2.45, 2.75) is 69.7 Å². The zero-order valence-electron chi connectivity index (χ0n) is 15.3. The molecule has 0 bridgehead atoms. The Hall–Kier alpha value is -1.60. The highest BCUT2D eigenvalue weighted by Gasteiger charge is 2.31. The van der Waals surface area contributed by atoms with Crippen LogP contribution in [-0.4, -0.2) is 57.1 Å². The maximum atomic E-state index is 12.2. The van der Waals surface area contributed by atoms with Crippen molar-refractivity contribution >= 4 is 6.03 Å². The molecule has 7 heteroatoms. The van der Waals surface area contributed by atoms with Crippen LogP contribution < -0.4 is 10.6 Å². The van der Waals surface area contributed by atoms with Crippen molar-refractivity contribution in [3.05, 3.63) is 18.0 Å². The number of rotatable bonds is 4. The Labute approximate surface area is 149 Å². The van der Waals surface area contributed by atoms with Crippen LogP contribution in [0.25, 0.3) is 0 Å². The number of aliphatic hydroxyl groups is 1. The highest BCUT2D eigenvalue weighted by Crippen LogP contribution is 2.25.